The molecule has 2 aromatic carbocycles. The molecule has 1 aromatic heterocycles. The van der Waals surface area contributed by atoms with Crippen molar-refractivity contribution >= 4 is 17.4 Å². The zero-order valence-corrected chi connectivity index (χ0v) is 15.3. The van der Waals surface area contributed by atoms with Crippen LogP contribution < -0.4 is 24.8 Å². The van der Waals surface area contributed by atoms with Gasteiger partial charge in [0.2, 0.25) is 6.79 Å². The Bertz CT molecular complexity index is 989. The van der Waals surface area contributed by atoms with E-state index in [0.29, 0.717) is 29.4 Å². The smallest absolute Gasteiger partial charge is 0.251 e. The number of fused-ring (bicyclic) bond motifs is 1. The maximum Gasteiger partial charge on any atom is 0.251 e. The second-order valence-corrected chi connectivity index (χ2v) is 6.15. The van der Waals surface area contributed by atoms with Gasteiger partial charge in [0.05, 0.1) is 7.11 Å². The van der Waals surface area contributed by atoms with Crippen LogP contribution in [0.2, 0.25) is 0 Å². The number of ether oxygens (including phenoxy) is 3. The largest absolute Gasteiger partial charge is 0.497 e. The number of hydrogen-bond acceptors (Lipinski definition) is 6. The van der Waals surface area contributed by atoms with Gasteiger partial charge in [0, 0.05) is 30.1 Å². The van der Waals surface area contributed by atoms with E-state index in [2.05, 4.69) is 15.6 Å². The first-order valence-corrected chi connectivity index (χ1v) is 8.75. The summed E-state index contributed by atoms with van der Waals surface area (Å²) in [7, 11) is 1.62. The van der Waals surface area contributed by atoms with Crippen molar-refractivity contribution in [2.45, 2.75) is 6.54 Å². The van der Waals surface area contributed by atoms with Crippen LogP contribution in [-0.2, 0) is 6.54 Å². The molecule has 0 atom stereocenters. The van der Waals surface area contributed by atoms with Crippen LogP contribution >= 0.6 is 0 Å². The summed E-state index contributed by atoms with van der Waals surface area (Å²) < 4.78 is 15.8. The van der Waals surface area contributed by atoms with Gasteiger partial charge < -0.3 is 24.8 Å². The molecule has 2 heterocycles. The third-order valence-electron chi connectivity index (χ3n) is 4.28. The third-order valence-corrected chi connectivity index (χ3v) is 4.28. The number of carbonyl (C=O) groups is 1. The quantitative estimate of drug-likeness (QED) is 0.684. The Hall–Kier alpha value is -3.74. The highest BCUT2D eigenvalue weighted by Crippen LogP contribution is 2.34. The van der Waals surface area contributed by atoms with Gasteiger partial charge in [-0.3, -0.25) is 4.79 Å². The molecule has 4 rings (SSSR count). The van der Waals surface area contributed by atoms with Crippen LogP contribution in [0.5, 0.6) is 17.2 Å². The molecule has 2 N–H and O–H groups in total. The molecule has 0 radical (unpaired) electrons. The number of rotatable bonds is 6. The molecule has 0 spiro atoms. The summed E-state index contributed by atoms with van der Waals surface area (Å²) in [6.07, 6.45) is 1.59. The fraction of sp³-hybridized carbons (Fsp3) is 0.143. The van der Waals surface area contributed by atoms with Gasteiger partial charge in [-0.25, -0.2) is 4.98 Å². The minimum absolute atomic E-state index is 0.174. The zero-order chi connectivity index (χ0) is 19.3. The summed E-state index contributed by atoms with van der Waals surface area (Å²) in [6.45, 7) is 0.650. The lowest BCUT2D eigenvalue weighted by atomic mass is 10.2. The Balaban J connectivity index is 1.40. The van der Waals surface area contributed by atoms with E-state index < -0.39 is 0 Å². The number of anilines is 2. The number of aromatic nitrogens is 1. The number of carbonyl (C=O) groups excluding carboxylic acids is 1. The standard InChI is InChI=1S/C21H19N3O4/c1-26-17-5-2-14(3-6-17)12-23-21(25)15-8-9-22-20(10-15)24-16-4-7-18-19(11-16)28-13-27-18/h2-11H,12-13H2,1H3,(H,22,24)(H,23,25). The summed E-state index contributed by atoms with van der Waals surface area (Å²) in [4.78, 5) is 16.7. The first-order chi connectivity index (χ1) is 13.7. The molecule has 3 aromatic rings. The van der Waals surface area contributed by atoms with Crippen LogP contribution in [0.15, 0.2) is 60.8 Å². The predicted molar refractivity (Wildman–Crippen MR) is 104 cm³/mol. The number of pyridine rings is 1. The SMILES string of the molecule is COc1ccc(CNC(=O)c2ccnc(Nc3ccc4c(c3)OCO4)c2)cc1. The van der Waals surface area contributed by atoms with E-state index in [9.17, 15) is 4.79 Å². The highest BCUT2D eigenvalue weighted by Gasteiger charge is 2.14. The first kappa shape index (κ1) is 17.7. The molecule has 0 saturated heterocycles. The summed E-state index contributed by atoms with van der Waals surface area (Å²) in [5.41, 5.74) is 2.31. The van der Waals surface area contributed by atoms with Crippen molar-refractivity contribution in [3.63, 3.8) is 0 Å². The average Bonchev–Trinajstić information content (AvgIpc) is 3.20. The third kappa shape index (κ3) is 3.98. The van der Waals surface area contributed by atoms with Gasteiger partial charge in [-0.15, -0.1) is 0 Å². The second-order valence-electron chi connectivity index (χ2n) is 6.15. The summed E-state index contributed by atoms with van der Waals surface area (Å²) >= 11 is 0. The van der Waals surface area contributed by atoms with Gasteiger partial charge in [0.25, 0.3) is 5.91 Å². The molecule has 0 aliphatic carbocycles. The van der Waals surface area contributed by atoms with Crippen LogP contribution in [0.1, 0.15) is 15.9 Å². The monoisotopic (exact) mass is 377 g/mol. The molecular weight excluding hydrogens is 358 g/mol. The Morgan fingerprint density at radius 3 is 2.71 bits per heavy atom. The molecular formula is C21H19N3O4. The number of benzene rings is 2. The molecule has 0 bridgehead atoms. The van der Waals surface area contributed by atoms with Crippen molar-refractivity contribution < 1.29 is 19.0 Å². The van der Waals surface area contributed by atoms with Crippen molar-refractivity contribution in [1.29, 1.82) is 0 Å². The molecule has 1 amide bonds. The normalized spacial score (nSPS) is 11.8. The topological polar surface area (TPSA) is 81.7 Å². The van der Waals surface area contributed by atoms with E-state index in [4.69, 9.17) is 14.2 Å². The fourth-order valence-electron chi connectivity index (χ4n) is 2.79. The summed E-state index contributed by atoms with van der Waals surface area (Å²) in [5.74, 6) is 2.56. The Morgan fingerprint density at radius 1 is 1.07 bits per heavy atom. The van der Waals surface area contributed by atoms with Crippen molar-refractivity contribution in [2.75, 3.05) is 19.2 Å². The van der Waals surface area contributed by atoms with Gasteiger partial charge in [-0.2, -0.15) is 0 Å². The van der Waals surface area contributed by atoms with E-state index in [-0.39, 0.29) is 12.7 Å². The number of nitrogens with one attached hydrogen (secondary N) is 2. The van der Waals surface area contributed by atoms with E-state index in [1.165, 1.54) is 0 Å². The lowest BCUT2D eigenvalue weighted by Gasteiger charge is -2.09. The Morgan fingerprint density at radius 2 is 1.89 bits per heavy atom. The van der Waals surface area contributed by atoms with E-state index in [1.807, 2.05) is 42.5 Å². The molecule has 1 aliphatic rings. The van der Waals surface area contributed by atoms with Gasteiger partial charge in [0.1, 0.15) is 11.6 Å². The molecule has 28 heavy (non-hydrogen) atoms. The van der Waals surface area contributed by atoms with Crippen molar-refractivity contribution in [2.24, 2.45) is 0 Å². The lowest BCUT2D eigenvalue weighted by molar-refractivity contribution is 0.0951. The highest BCUT2D eigenvalue weighted by molar-refractivity contribution is 5.94. The number of amides is 1. The van der Waals surface area contributed by atoms with E-state index in [1.54, 1.807) is 25.4 Å². The molecule has 0 unspecified atom stereocenters. The van der Waals surface area contributed by atoms with Crippen molar-refractivity contribution in [3.05, 3.63) is 71.9 Å². The Labute approximate surface area is 162 Å². The molecule has 142 valence electrons. The number of hydrogen-bond donors (Lipinski definition) is 2. The molecule has 7 nitrogen and oxygen atoms in total. The highest BCUT2D eigenvalue weighted by atomic mass is 16.7. The molecule has 7 heteroatoms. The maximum absolute atomic E-state index is 12.5. The summed E-state index contributed by atoms with van der Waals surface area (Å²) in [6, 6.07) is 16.5. The number of methoxy groups -OCH3 is 1. The van der Waals surface area contributed by atoms with Gasteiger partial charge in [0.15, 0.2) is 11.5 Å². The minimum Gasteiger partial charge on any atom is -0.497 e. The van der Waals surface area contributed by atoms with Crippen molar-refractivity contribution in [3.8, 4) is 17.2 Å². The van der Waals surface area contributed by atoms with Crippen LogP contribution in [0.3, 0.4) is 0 Å². The second kappa shape index (κ2) is 7.87. The van der Waals surface area contributed by atoms with Crippen molar-refractivity contribution in [1.82, 2.24) is 10.3 Å². The average molecular weight is 377 g/mol. The van der Waals surface area contributed by atoms with Gasteiger partial charge in [-0.05, 0) is 42.0 Å². The number of nitrogens with zero attached hydrogens (tertiary/aromatic N) is 1. The lowest BCUT2D eigenvalue weighted by Crippen LogP contribution is -2.22. The van der Waals surface area contributed by atoms with Crippen LogP contribution in [-0.4, -0.2) is 24.8 Å². The molecule has 0 saturated carbocycles. The molecule has 1 aliphatic heterocycles. The predicted octanol–water partition coefficient (Wildman–Crippen LogP) is 3.49. The van der Waals surface area contributed by atoms with Crippen LogP contribution in [0, 0.1) is 0 Å². The zero-order valence-electron chi connectivity index (χ0n) is 15.3. The van der Waals surface area contributed by atoms with Crippen LogP contribution in [0.4, 0.5) is 11.5 Å². The minimum atomic E-state index is -0.174. The fourth-order valence-corrected chi connectivity index (χ4v) is 2.79. The summed E-state index contributed by atoms with van der Waals surface area (Å²) in [5, 5.41) is 6.08. The van der Waals surface area contributed by atoms with E-state index in [0.717, 1.165) is 17.0 Å². The first-order valence-electron chi connectivity index (χ1n) is 8.75. The van der Waals surface area contributed by atoms with Gasteiger partial charge >= 0.3 is 0 Å². The maximum atomic E-state index is 12.5. The van der Waals surface area contributed by atoms with Gasteiger partial charge in [-0.1, -0.05) is 12.1 Å². The van der Waals surface area contributed by atoms with E-state index >= 15 is 0 Å². The molecule has 0 fully saturated rings. The van der Waals surface area contributed by atoms with Crippen LogP contribution in [0.25, 0.3) is 0 Å². The Kier molecular flexibility index (Phi) is 4.97.